The molecular weight excluding hydrogens is 340 g/mol. The van der Waals surface area contributed by atoms with E-state index >= 15 is 0 Å². The van der Waals surface area contributed by atoms with Gasteiger partial charge in [-0.05, 0) is 12.1 Å². The van der Waals surface area contributed by atoms with E-state index in [9.17, 15) is 19.2 Å². The van der Waals surface area contributed by atoms with Crippen molar-refractivity contribution in [2.45, 2.75) is 13.3 Å². The third kappa shape index (κ3) is 4.08. The van der Waals surface area contributed by atoms with Crippen molar-refractivity contribution in [3.63, 3.8) is 0 Å². The predicted octanol–water partition coefficient (Wildman–Crippen LogP) is 0.303. The monoisotopic (exact) mass is 362 g/mol. The second-order valence-corrected chi connectivity index (χ2v) is 6.05. The van der Waals surface area contributed by atoms with E-state index in [1.807, 2.05) is 0 Å². The predicted molar refractivity (Wildman–Crippen MR) is 91.3 cm³/mol. The van der Waals surface area contributed by atoms with Crippen LogP contribution in [0.4, 0.5) is 0 Å². The van der Waals surface area contributed by atoms with E-state index in [0.29, 0.717) is 11.1 Å². The SMILES string of the molecule is COC(=O)C(C)CN(CCO)C(=O)CCN1C(=O)c2ccccc2C1=O. The maximum Gasteiger partial charge on any atom is 0.310 e. The van der Waals surface area contributed by atoms with Crippen LogP contribution in [0.15, 0.2) is 24.3 Å². The van der Waals surface area contributed by atoms with Crippen LogP contribution in [0.3, 0.4) is 0 Å². The van der Waals surface area contributed by atoms with Crippen LogP contribution in [0.25, 0.3) is 0 Å². The second-order valence-electron chi connectivity index (χ2n) is 6.05. The summed E-state index contributed by atoms with van der Waals surface area (Å²) >= 11 is 0. The van der Waals surface area contributed by atoms with Crippen molar-refractivity contribution in [2.75, 3.05) is 33.4 Å². The lowest BCUT2D eigenvalue weighted by molar-refractivity contribution is -0.146. The lowest BCUT2D eigenvalue weighted by Crippen LogP contribution is -2.41. The minimum absolute atomic E-state index is 0.0558. The van der Waals surface area contributed by atoms with Gasteiger partial charge < -0.3 is 14.7 Å². The van der Waals surface area contributed by atoms with Crippen LogP contribution in [0.5, 0.6) is 0 Å². The van der Waals surface area contributed by atoms with E-state index < -0.39 is 23.7 Å². The lowest BCUT2D eigenvalue weighted by Gasteiger charge is -2.25. The quantitative estimate of drug-likeness (QED) is 0.527. The third-order valence-corrected chi connectivity index (χ3v) is 4.25. The number of benzene rings is 1. The van der Waals surface area contributed by atoms with Gasteiger partial charge in [0.05, 0.1) is 30.8 Å². The van der Waals surface area contributed by atoms with Crippen molar-refractivity contribution >= 4 is 23.7 Å². The first-order valence-electron chi connectivity index (χ1n) is 8.32. The molecule has 3 amide bonds. The molecule has 140 valence electrons. The highest BCUT2D eigenvalue weighted by Gasteiger charge is 2.35. The molecule has 0 saturated carbocycles. The minimum atomic E-state index is -0.546. The zero-order chi connectivity index (χ0) is 19.3. The van der Waals surface area contributed by atoms with Crippen LogP contribution >= 0.6 is 0 Å². The summed E-state index contributed by atoms with van der Waals surface area (Å²) in [7, 11) is 1.26. The number of rotatable bonds is 8. The first-order chi connectivity index (χ1) is 12.4. The molecule has 1 N–H and O–H groups in total. The Balaban J connectivity index is 1.99. The van der Waals surface area contributed by atoms with Crippen LogP contribution in [-0.4, -0.2) is 71.9 Å². The van der Waals surface area contributed by atoms with Gasteiger partial charge in [0, 0.05) is 26.1 Å². The number of aliphatic hydroxyl groups excluding tert-OH is 1. The Bertz CT molecular complexity index is 682. The summed E-state index contributed by atoms with van der Waals surface area (Å²) in [5.41, 5.74) is 0.660. The number of ether oxygens (including phenoxy) is 1. The molecule has 0 fully saturated rings. The number of carbonyl (C=O) groups excluding carboxylic acids is 4. The Morgan fingerprint density at radius 3 is 2.27 bits per heavy atom. The molecule has 26 heavy (non-hydrogen) atoms. The number of nitrogens with zero attached hydrogens (tertiary/aromatic N) is 2. The van der Waals surface area contributed by atoms with Crippen molar-refractivity contribution in [3.05, 3.63) is 35.4 Å². The van der Waals surface area contributed by atoms with Crippen molar-refractivity contribution in [1.29, 1.82) is 0 Å². The molecule has 2 rings (SSSR count). The van der Waals surface area contributed by atoms with Gasteiger partial charge in [-0.15, -0.1) is 0 Å². The van der Waals surface area contributed by atoms with Gasteiger partial charge in [-0.25, -0.2) is 0 Å². The molecule has 1 aromatic rings. The highest BCUT2D eigenvalue weighted by atomic mass is 16.5. The van der Waals surface area contributed by atoms with E-state index in [2.05, 4.69) is 4.74 Å². The van der Waals surface area contributed by atoms with Gasteiger partial charge in [-0.3, -0.25) is 24.1 Å². The van der Waals surface area contributed by atoms with Gasteiger partial charge in [-0.1, -0.05) is 19.1 Å². The first-order valence-corrected chi connectivity index (χ1v) is 8.32. The maximum atomic E-state index is 12.4. The summed E-state index contributed by atoms with van der Waals surface area (Å²) in [6, 6.07) is 6.51. The number of imide groups is 1. The first kappa shape index (κ1) is 19.6. The van der Waals surface area contributed by atoms with Gasteiger partial charge in [0.2, 0.25) is 5.91 Å². The zero-order valence-corrected chi connectivity index (χ0v) is 14.8. The fourth-order valence-electron chi connectivity index (χ4n) is 2.85. The van der Waals surface area contributed by atoms with Gasteiger partial charge in [-0.2, -0.15) is 0 Å². The molecule has 1 atom stereocenters. The molecule has 1 aliphatic rings. The molecule has 0 aliphatic carbocycles. The van der Waals surface area contributed by atoms with Gasteiger partial charge in [0.1, 0.15) is 0 Å². The number of aliphatic hydroxyl groups is 1. The molecule has 0 saturated heterocycles. The summed E-state index contributed by atoms with van der Waals surface area (Å²) in [4.78, 5) is 50.9. The summed E-state index contributed by atoms with van der Waals surface area (Å²) in [6.07, 6.45) is -0.0840. The van der Waals surface area contributed by atoms with E-state index in [1.54, 1.807) is 31.2 Å². The smallest absolute Gasteiger partial charge is 0.310 e. The Morgan fingerprint density at radius 1 is 1.19 bits per heavy atom. The van der Waals surface area contributed by atoms with Gasteiger partial charge in [0.25, 0.3) is 11.8 Å². The van der Waals surface area contributed by atoms with E-state index in [1.165, 1.54) is 12.0 Å². The highest BCUT2D eigenvalue weighted by Crippen LogP contribution is 2.22. The normalized spacial score (nSPS) is 14.2. The van der Waals surface area contributed by atoms with Crippen LogP contribution < -0.4 is 0 Å². The summed E-state index contributed by atoms with van der Waals surface area (Å²) in [5, 5.41) is 9.15. The lowest BCUT2D eigenvalue weighted by atomic mass is 10.1. The highest BCUT2D eigenvalue weighted by molar-refractivity contribution is 6.21. The largest absolute Gasteiger partial charge is 0.469 e. The van der Waals surface area contributed by atoms with Crippen LogP contribution in [-0.2, 0) is 14.3 Å². The second kappa shape index (κ2) is 8.57. The number of fused-ring (bicyclic) bond motifs is 1. The van der Waals surface area contributed by atoms with Gasteiger partial charge >= 0.3 is 5.97 Å². The van der Waals surface area contributed by atoms with E-state index in [4.69, 9.17) is 5.11 Å². The third-order valence-electron chi connectivity index (χ3n) is 4.25. The van der Waals surface area contributed by atoms with Crippen molar-refractivity contribution < 1.29 is 29.0 Å². The van der Waals surface area contributed by atoms with E-state index in [0.717, 1.165) is 4.90 Å². The average Bonchev–Trinajstić information content (AvgIpc) is 2.89. The Kier molecular flexibility index (Phi) is 6.46. The molecule has 1 aromatic carbocycles. The number of hydrogen-bond acceptors (Lipinski definition) is 6. The number of carbonyl (C=O) groups is 4. The summed E-state index contributed by atoms with van der Waals surface area (Å²) < 4.78 is 4.64. The van der Waals surface area contributed by atoms with Crippen molar-refractivity contribution in [1.82, 2.24) is 9.80 Å². The van der Waals surface area contributed by atoms with Gasteiger partial charge in [0.15, 0.2) is 0 Å². The average molecular weight is 362 g/mol. The number of amides is 3. The topological polar surface area (TPSA) is 104 Å². The molecule has 0 spiro atoms. The minimum Gasteiger partial charge on any atom is -0.469 e. The summed E-state index contributed by atoms with van der Waals surface area (Å²) in [6.45, 7) is 1.45. The molecule has 8 heteroatoms. The fraction of sp³-hybridized carbons (Fsp3) is 0.444. The number of esters is 1. The fourth-order valence-corrected chi connectivity index (χ4v) is 2.85. The van der Waals surface area contributed by atoms with Crippen molar-refractivity contribution in [3.8, 4) is 0 Å². The maximum absolute atomic E-state index is 12.4. The number of methoxy groups -OCH3 is 1. The van der Waals surface area contributed by atoms with Crippen LogP contribution in [0.1, 0.15) is 34.1 Å². The Labute approximate surface area is 151 Å². The van der Waals surface area contributed by atoms with Crippen LogP contribution in [0.2, 0.25) is 0 Å². The Hall–Kier alpha value is -2.74. The van der Waals surface area contributed by atoms with E-state index in [-0.39, 0.29) is 38.6 Å². The molecule has 1 heterocycles. The Morgan fingerprint density at radius 2 is 1.77 bits per heavy atom. The standard InChI is InChI=1S/C18H22N2O6/c1-12(18(25)26-2)11-19(9-10-21)15(22)7-8-20-16(23)13-5-3-4-6-14(13)17(20)24/h3-6,12,21H,7-11H2,1-2H3. The number of hydrogen-bond donors (Lipinski definition) is 1. The zero-order valence-electron chi connectivity index (χ0n) is 14.8. The summed E-state index contributed by atoms with van der Waals surface area (Å²) in [5.74, 6) is -2.20. The molecular formula is C18H22N2O6. The molecule has 0 bridgehead atoms. The molecule has 1 aliphatic heterocycles. The van der Waals surface area contributed by atoms with Crippen molar-refractivity contribution in [2.24, 2.45) is 5.92 Å². The molecule has 1 unspecified atom stereocenters. The van der Waals surface area contributed by atoms with Crippen LogP contribution in [0, 0.1) is 5.92 Å². The molecule has 0 aromatic heterocycles. The molecule has 0 radical (unpaired) electrons. The molecule has 8 nitrogen and oxygen atoms in total.